The molecule has 26 heavy (non-hydrogen) atoms. The number of aromatic amines is 1. The molecule has 0 saturated carbocycles. The number of hydrogen-bond donors (Lipinski definition) is 3. The molecule has 0 atom stereocenters. The van der Waals surface area contributed by atoms with Crippen LogP contribution in [0.2, 0.25) is 5.02 Å². The average Bonchev–Trinajstić information content (AvgIpc) is 3.03. The van der Waals surface area contributed by atoms with Crippen LogP contribution < -0.4 is 10.6 Å². The van der Waals surface area contributed by atoms with Crippen molar-refractivity contribution in [1.29, 1.82) is 0 Å². The molecule has 0 aliphatic carbocycles. The topological polar surface area (TPSA) is 70.7 Å². The summed E-state index contributed by atoms with van der Waals surface area (Å²) in [5.41, 5.74) is 2.36. The minimum atomic E-state index is 0.631. The van der Waals surface area contributed by atoms with E-state index in [9.17, 15) is 0 Å². The Morgan fingerprint density at radius 3 is 2.92 bits per heavy atom. The van der Waals surface area contributed by atoms with Gasteiger partial charge in [-0.2, -0.15) is 0 Å². The zero-order valence-electron chi connectivity index (χ0n) is 15.6. The molecule has 2 aromatic rings. The van der Waals surface area contributed by atoms with E-state index in [1.165, 1.54) is 10.9 Å². The number of rotatable bonds is 11. The van der Waals surface area contributed by atoms with E-state index in [4.69, 9.17) is 21.1 Å². The van der Waals surface area contributed by atoms with E-state index in [1.54, 1.807) is 7.11 Å². The number of benzene rings is 1. The van der Waals surface area contributed by atoms with Crippen molar-refractivity contribution in [3.8, 4) is 0 Å². The van der Waals surface area contributed by atoms with Gasteiger partial charge in [0.25, 0.3) is 0 Å². The Bertz CT molecular complexity index is 687. The Balaban J connectivity index is 1.76. The molecule has 0 aliphatic heterocycles. The Labute approximate surface area is 160 Å². The second kappa shape index (κ2) is 11.8. The first-order chi connectivity index (χ1) is 12.7. The lowest BCUT2D eigenvalue weighted by Gasteiger charge is -2.11. The van der Waals surface area contributed by atoms with E-state index < -0.39 is 0 Å². The molecule has 1 heterocycles. The summed E-state index contributed by atoms with van der Waals surface area (Å²) in [7, 11) is 1.67. The molecule has 0 unspecified atom stereocenters. The van der Waals surface area contributed by atoms with Crippen LogP contribution in [0.25, 0.3) is 10.9 Å². The van der Waals surface area contributed by atoms with Gasteiger partial charge in [-0.05, 0) is 43.5 Å². The van der Waals surface area contributed by atoms with Crippen molar-refractivity contribution in [2.24, 2.45) is 4.99 Å². The Kier molecular flexibility index (Phi) is 9.31. The van der Waals surface area contributed by atoms with Crippen LogP contribution in [-0.4, -0.2) is 57.5 Å². The van der Waals surface area contributed by atoms with Crippen LogP contribution >= 0.6 is 11.6 Å². The van der Waals surface area contributed by atoms with Crippen LogP contribution in [0.15, 0.2) is 29.4 Å². The number of aromatic nitrogens is 1. The van der Waals surface area contributed by atoms with Crippen molar-refractivity contribution in [2.45, 2.75) is 19.8 Å². The molecule has 2 rings (SSSR count). The Morgan fingerprint density at radius 2 is 2.12 bits per heavy atom. The van der Waals surface area contributed by atoms with Crippen molar-refractivity contribution in [3.05, 3.63) is 35.0 Å². The fraction of sp³-hybridized carbons (Fsp3) is 0.526. The SMILES string of the molecule is CCNC(=NCCCOCCOC)NCCc1c[nH]c2ccc(Cl)cc12. The number of hydrogen-bond acceptors (Lipinski definition) is 3. The molecule has 7 heteroatoms. The summed E-state index contributed by atoms with van der Waals surface area (Å²) in [6, 6.07) is 5.91. The standard InChI is InChI=1S/C19H29ClN4O2/c1-3-21-19(22-8-4-10-26-12-11-25-2)23-9-7-15-14-24-18-6-5-16(20)13-17(15)18/h5-6,13-14,24H,3-4,7-12H2,1-2H3,(H2,21,22,23). The van der Waals surface area contributed by atoms with E-state index >= 15 is 0 Å². The molecular weight excluding hydrogens is 352 g/mol. The van der Waals surface area contributed by atoms with E-state index in [2.05, 4.69) is 27.5 Å². The first kappa shape index (κ1) is 20.6. The largest absolute Gasteiger partial charge is 0.382 e. The zero-order chi connectivity index (χ0) is 18.6. The Morgan fingerprint density at radius 1 is 1.23 bits per heavy atom. The first-order valence-electron chi connectivity index (χ1n) is 9.09. The van der Waals surface area contributed by atoms with E-state index in [0.717, 1.165) is 49.0 Å². The van der Waals surface area contributed by atoms with Crippen LogP contribution in [-0.2, 0) is 15.9 Å². The molecule has 0 fully saturated rings. The maximum absolute atomic E-state index is 6.11. The second-order valence-electron chi connectivity index (χ2n) is 5.90. The molecule has 6 nitrogen and oxygen atoms in total. The van der Waals surface area contributed by atoms with Crippen LogP contribution in [0.1, 0.15) is 18.9 Å². The summed E-state index contributed by atoms with van der Waals surface area (Å²) in [6.45, 7) is 6.38. The van der Waals surface area contributed by atoms with Gasteiger partial charge in [-0.3, -0.25) is 4.99 Å². The maximum Gasteiger partial charge on any atom is 0.191 e. The predicted molar refractivity (Wildman–Crippen MR) is 108 cm³/mol. The van der Waals surface area contributed by atoms with Crippen LogP contribution in [0.5, 0.6) is 0 Å². The van der Waals surface area contributed by atoms with Crippen molar-refractivity contribution in [2.75, 3.05) is 46.6 Å². The minimum absolute atomic E-state index is 0.631. The van der Waals surface area contributed by atoms with Crippen molar-refractivity contribution < 1.29 is 9.47 Å². The van der Waals surface area contributed by atoms with Crippen LogP contribution in [0.4, 0.5) is 0 Å². The molecule has 0 aliphatic rings. The lowest BCUT2D eigenvalue weighted by atomic mass is 10.1. The Hall–Kier alpha value is -1.76. The fourth-order valence-electron chi connectivity index (χ4n) is 2.62. The minimum Gasteiger partial charge on any atom is -0.382 e. The van der Waals surface area contributed by atoms with Gasteiger partial charge in [0.05, 0.1) is 13.2 Å². The van der Waals surface area contributed by atoms with Crippen molar-refractivity contribution in [3.63, 3.8) is 0 Å². The van der Waals surface area contributed by atoms with Gasteiger partial charge < -0.3 is 25.1 Å². The maximum atomic E-state index is 6.11. The number of aliphatic imine (C=N–C) groups is 1. The molecule has 1 aromatic carbocycles. The highest BCUT2D eigenvalue weighted by Gasteiger charge is 2.05. The molecule has 0 amide bonds. The monoisotopic (exact) mass is 380 g/mol. The molecular formula is C19H29ClN4O2. The summed E-state index contributed by atoms with van der Waals surface area (Å²) in [6.07, 6.45) is 3.83. The summed E-state index contributed by atoms with van der Waals surface area (Å²) >= 11 is 6.11. The highest BCUT2D eigenvalue weighted by molar-refractivity contribution is 6.31. The lowest BCUT2D eigenvalue weighted by molar-refractivity contribution is 0.0702. The summed E-state index contributed by atoms with van der Waals surface area (Å²) in [5, 5.41) is 8.58. The highest BCUT2D eigenvalue weighted by atomic mass is 35.5. The van der Waals surface area contributed by atoms with Crippen LogP contribution in [0, 0.1) is 0 Å². The van der Waals surface area contributed by atoms with Crippen LogP contribution in [0.3, 0.4) is 0 Å². The number of methoxy groups -OCH3 is 1. The summed E-state index contributed by atoms with van der Waals surface area (Å²) in [5.74, 6) is 0.835. The zero-order valence-corrected chi connectivity index (χ0v) is 16.4. The normalized spacial score (nSPS) is 11.9. The number of guanidine groups is 1. The summed E-state index contributed by atoms with van der Waals surface area (Å²) < 4.78 is 10.4. The fourth-order valence-corrected chi connectivity index (χ4v) is 2.79. The molecule has 3 N–H and O–H groups in total. The van der Waals surface area contributed by atoms with E-state index in [-0.39, 0.29) is 0 Å². The van der Waals surface area contributed by atoms with Crippen molar-refractivity contribution >= 4 is 28.5 Å². The molecule has 0 bridgehead atoms. The lowest BCUT2D eigenvalue weighted by Crippen LogP contribution is -2.38. The molecule has 0 saturated heterocycles. The van der Waals surface area contributed by atoms with Gasteiger partial charge in [-0.1, -0.05) is 11.6 Å². The first-order valence-corrected chi connectivity index (χ1v) is 9.46. The average molecular weight is 381 g/mol. The van der Waals surface area contributed by atoms with E-state index in [0.29, 0.717) is 19.8 Å². The van der Waals surface area contributed by atoms with Gasteiger partial charge in [-0.15, -0.1) is 0 Å². The molecule has 0 spiro atoms. The molecule has 144 valence electrons. The third kappa shape index (κ3) is 6.86. The number of halogens is 1. The number of fused-ring (bicyclic) bond motifs is 1. The van der Waals surface area contributed by atoms with Gasteiger partial charge in [0, 0.05) is 55.5 Å². The van der Waals surface area contributed by atoms with Crippen molar-refractivity contribution in [1.82, 2.24) is 15.6 Å². The van der Waals surface area contributed by atoms with Gasteiger partial charge in [0.2, 0.25) is 0 Å². The van der Waals surface area contributed by atoms with Gasteiger partial charge in [0.15, 0.2) is 5.96 Å². The quantitative estimate of drug-likeness (QED) is 0.318. The second-order valence-corrected chi connectivity index (χ2v) is 6.34. The smallest absolute Gasteiger partial charge is 0.191 e. The third-order valence-corrected chi connectivity index (χ3v) is 4.14. The van der Waals surface area contributed by atoms with Gasteiger partial charge in [0.1, 0.15) is 0 Å². The number of nitrogens with zero attached hydrogens (tertiary/aromatic N) is 1. The van der Waals surface area contributed by atoms with E-state index in [1.807, 2.05) is 24.4 Å². The predicted octanol–water partition coefficient (Wildman–Crippen LogP) is 2.97. The van der Waals surface area contributed by atoms with Gasteiger partial charge in [-0.25, -0.2) is 0 Å². The number of H-pyrrole nitrogens is 1. The number of ether oxygens (including phenoxy) is 2. The molecule has 0 radical (unpaired) electrons. The molecule has 1 aromatic heterocycles. The third-order valence-electron chi connectivity index (χ3n) is 3.91. The highest BCUT2D eigenvalue weighted by Crippen LogP contribution is 2.22. The van der Waals surface area contributed by atoms with Gasteiger partial charge >= 0.3 is 0 Å². The summed E-state index contributed by atoms with van der Waals surface area (Å²) in [4.78, 5) is 7.87. The number of nitrogens with one attached hydrogen (secondary N) is 3.